The van der Waals surface area contributed by atoms with Crippen molar-refractivity contribution in [3.05, 3.63) is 58.4 Å². The van der Waals surface area contributed by atoms with Gasteiger partial charge in [-0.25, -0.2) is 13.8 Å². The largest absolute Gasteiger partial charge is 0.374 e. The zero-order valence-corrected chi connectivity index (χ0v) is 18.7. The van der Waals surface area contributed by atoms with E-state index >= 15 is 8.78 Å². The van der Waals surface area contributed by atoms with Crippen LogP contribution in [0.15, 0.2) is 24.4 Å². The molecule has 7 nitrogen and oxygen atoms in total. The molecule has 0 N–H and O–H groups in total. The molecule has 0 saturated carbocycles. The van der Waals surface area contributed by atoms with Gasteiger partial charge in [-0.1, -0.05) is 0 Å². The molecule has 5 rings (SSSR count). The molecule has 1 atom stereocenters. The predicted molar refractivity (Wildman–Crippen MR) is 117 cm³/mol. The fourth-order valence-corrected chi connectivity index (χ4v) is 4.67. The molecule has 0 spiro atoms. The van der Waals surface area contributed by atoms with Gasteiger partial charge in [0.1, 0.15) is 17.3 Å². The Labute approximate surface area is 189 Å². The summed E-state index contributed by atoms with van der Waals surface area (Å²) in [7, 11) is 1.56. The Morgan fingerprint density at radius 2 is 2.09 bits per heavy atom. The molecule has 2 aromatic heterocycles. The van der Waals surface area contributed by atoms with Crippen molar-refractivity contribution in [3.8, 4) is 11.3 Å². The van der Waals surface area contributed by atoms with Crippen LogP contribution < -0.4 is 0 Å². The molecule has 4 heterocycles. The highest BCUT2D eigenvalue weighted by atomic mass is 19.1. The van der Waals surface area contributed by atoms with E-state index < -0.39 is 17.5 Å². The van der Waals surface area contributed by atoms with Gasteiger partial charge in [-0.2, -0.15) is 0 Å². The second-order valence-electron chi connectivity index (χ2n) is 8.74. The van der Waals surface area contributed by atoms with Gasteiger partial charge >= 0.3 is 0 Å². The molecule has 2 aliphatic rings. The summed E-state index contributed by atoms with van der Waals surface area (Å²) in [6.45, 7) is 4.81. The number of carbonyl (C=O) groups is 2. The Hall–Kier alpha value is -3.33. The lowest BCUT2D eigenvalue weighted by molar-refractivity contribution is -0.136. The average Bonchev–Trinajstić information content (AvgIpc) is 3.25. The topological polar surface area (TPSA) is 67.2 Å². The maximum Gasteiger partial charge on any atom is 0.254 e. The summed E-state index contributed by atoms with van der Waals surface area (Å²) in [5, 5.41) is 0. The number of benzene rings is 1. The van der Waals surface area contributed by atoms with Crippen LogP contribution in [0.25, 0.3) is 16.9 Å². The number of aryl methyl sites for hydroxylation is 1. The van der Waals surface area contributed by atoms with Crippen LogP contribution in [0.5, 0.6) is 0 Å². The van der Waals surface area contributed by atoms with Crippen molar-refractivity contribution in [1.29, 1.82) is 0 Å². The predicted octanol–water partition coefficient (Wildman–Crippen LogP) is 2.96. The molecule has 33 heavy (non-hydrogen) atoms. The standard InChI is InChI=1S/C24H24F2N4O3/c1-13-4-5-30-19(9-15-11-29(14(2)31)6-7-33-15)23(27-20(30)8-13)21-18(25)10-16-17(22(21)26)12-28(3)24(16)32/h4-5,8,10,15H,6-7,9,11-12H2,1-3H3/t15-/m0/s1. The molecule has 0 radical (unpaired) electrons. The minimum atomic E-state index is -0.828. The third-order valence-corrected chi connectivity index (χ3v) is 6.41. The number of hydrogen-bond donors (Lipinski definition) is 0. The van der Waals surface area contributed by atoms with Gasteiger partial charge < -0.3 is 18.9 Å². The van der Waals surface area contributed by atoms with Gasteiger partial charge in [-0.3, -0.25) is 9.59 Å². The van der Waals surface area contributed by atoms with Crippen LogP contribution in [0, 0.1) is 18.6 Å². The maximum atomic E-state index is 15.6. The molecule has 0 bridgehead atoms. The smallest absolute Gasteiger partial charge is 0.254 e. The van der Waals surface area contributed by atoms with E-state index in [0.29, 0.717) is 37.5 Å². The average molecular weight is 454 g/mol. The summed E-state index contributed by atoms with van der Waals surface area (Å²) in [5.74, 6) is -2.04. The lowest BCUT2D eigenvalue weighted by atomic mass is 9.99. The Morgan fingerprint density at radius 3 is 2.85 bits per heavy atom. The van der Waals surface area contributed by atoms with Crippen LogP contribution in [0.3, 0.4) is 0 Å². The maximum absolute atomic E-state index is 15.6. The minimum Gasteiger partial charge on any atom is -0.374 e. The first-order valence-corrected chi connectivity index (χ1v) is 10.9. The number of imidazole rings is 1. The Morgan fingerprint density at radius 1 is 1.30 bits per heavy atom. The second kappa shape index (κ2) is 7.91. The Balaban J connectivity index is 1.65. The van der Waals surface area contributed by atoms with Gasteiger partial charge in [-0.05, 0) is 30.7 Å². The van der Waals surface area contributed by atoms with Crippen molar-refractivity contribution < 1.29 is 23.1 Å². The van der Waals surface area contributed by atoms with Crippen molar-refractivity contribution in [2.75, 3.05) is 26.7 Å². The van der Waals surface area contributed by atoms with Gasteiger partial charge in [0.15, 0.2) is 0 Å². The second-order valence-corrected chi connectivity index (χ2v) is 8.74. The van der Waals surface area contributed by atoms with Crippen molar-refractivity contribution in [3.63, 3.8) is 0 Å². The zero-order valence-electron chi connectivity index (χ0n) is 18.7. The molecule has 1 fully saturated rings. The molecule has 3 aromatic rings. The number of hydrogen-bond acceptors (Lipinski definition) is 4. The van der Waals surface area contributed by atoms with Gasteiger partial charge in [0.05, 0.1) is 35.2 Å². The van der Waals surface area contributed by atoms with E-state index in [2.05, 4.69) is 4.98 Å². The number of rotatable bonds is 3. The molecule has 9 heteroatoms. The highest BCUT2D eigenvalue weighted by Crippen LogP contribution is 2.36. The number of halogens is 2. The fourth-order valence-electron chi connectivity index (χ4n) is 4.67. The molecular weight excluding hydrogens is 430 g/mol. The lowest BCUT2D eigenvalue weighted by Crippen LogP contribution is -2.45. The van der Waals surface area contributed by atoms with E-state index in [1.54, 1.807) is 11.9 Å². The van der Waals surface area contributed by atoms with Gasteiger partial charge in [-0.15, -0.1) is 0 Å². The molecule has 2 aliphatic heterocycles. The minimum absolute atomic E-state index is 0.0400. The van der Waals surface area contributed by atoms with Gasteiger partial charge in [0.25, 0.3) is 5.91 Å². The van der Waals surface area contributed by atoms with E-state index in [1.807, 2.05) is 29.7 Å². The molecule has 2 amide bonds. The number of nitrogens with zero attached hydrogens (tertiary/aromatic N) is 4. The molecule has 0 unspecified atom stereocenters. The van der Waals surface area contributed by atoms with Crippen LogP contribution >= 0.6 is 0 Å². The van der Waals surface area contributed by atoms with E-state index in [0.717, 1.165) is 11.6 Å². The number of amides is 2. The lowest BCUT2D eigenvalue weighted by Gasteiger charge is -2.32. The molecule has 1 aromatic carbocycles. The van der Waals surface area contributed by atoms with Crippen molar-refractivity contribution in [2.45, 2.75) is 32.9 Å². The van der Waals surface area contributed by atoms with Crippen LogP contribution in [-0.2, 0) is 22.5 Å². The van der Waals surface area contributed by atoms with Gasteiger partial charge in [0.2, 0.25) is 5.91 Å². The first kappa shape index (κ1) is 21.5. The summed E-state index contributed by atoms with van der Waals surface area (Å²) in [4.78, 5) is 31.8. The highest BCUT2D eigenvalue weighted by Gasteiger charge is 2.34. The number of carbonyl (C=O) groups excluding carboxylic acids is 2. The monoisotopic (exact) mass is 454 g/mol. The number of fused-ring (bicyclic) bond motifs is 2. The Bertz CT molecular complexity index is 1300. The highest BCUT2D eigenvalue weighted by molar-refractivity contribution is 5.99. The summed E-state index contributed by atoms with van der Waals surface area (Å²) < 4.78 is 38.6. The fraction of sp³-hybridized carbons (Fsp3) is 0.375. The first-order chi connectivity index (χ1) is 15.7. The Kier molecular flexibility index (Phi) is 5.16. The molecule has 172 valence electrons. The van der Waals surface area contributed by atoms with E-state index in [-0.39, 0.29) is 40.9 Å². The van der Waals surface area contributed by atoms with Crippen molar-refractivity contribution in [2.24, 2.45) is 0 Å². The van der Waals surface area contributed by atoms with Crippen LogP contribution in [0.1, 0.15) is 34.1 Å². The summed E-state index contributed by atoms with van der Waals surface area (Å²) >= 11 is 0. The first-order valence-electron chi connectivity index (χ1n) is 10.9. The molecule has 1 saturated heterocycles. The SMILES string of the molecule is CC(=O)N1CCO[C@@H](Cc2c(-c3c(F)cc4c(c3F)CN(C)C4=O)nc3cc(C)ccn23)C1. The van der Waals surface area contributed by atoms with E-state index in [1.165, 1.54) is 11.8 Å². The summed E-state index contributed by atoms with van der Waals surface area (Å²) in [6.07, 6.45) is 1.80. The zero-order chi connectivity index (χ0) is 23.4. The van der Waals surface area contributed by atoms with Crippen LogP contribution in [0.2, 0.25) is 0 Å². The number of pyridine rings is 1. The van der Waals surface area contributed by atoms with Crippen LogP contribution in [0.4, 0.5) is 8.78 Å². The van der Waals surface area contributed by atoms with E-state index in [9.17, 15) is 9.59 Å². The van der Waals surface area contributed by atoms with Crippen molar-refractivity contribution in [1.82, 2.24) is 19.2 Å². The normalized spacial score (nSPS) is 18.3. The summed E-state index contributed by atoms with van der Waals surface area (Å²) in [6, 6.07) is 4.85. The number of morpholine rings is 1. The van der Waals surface area contributed by atoms with Crippen molar-refractivity contribution >= 4 is 17.5 Å². The summed E-state index contributed by atoms with van der Waals surface area (Å²) in [5.41, 5.74) is 2.28. The van der Waals surface area contributed by atoms with Crippen LogP contribution in [-0.4, -0.2) is 63.8 Å². The third-order valence-electron chi connectivity index (χ3n) is 6.41. The number of ether oxygens (including phenoxy) is 1. The number of aromatic nitrogens is 2. The molecule has 0 aliphatic carbocycles. The van der Waals surface area contributed by atoms with Gasteiger partial charge in [0, 0.05) is 51.8 Å². The molecular formula is C24H24F2N4O3. The third kappa shape index (κ3) is 3.56. The van der Waals surface area contributed by atoms with E-state index in [4.69, 9.17) is 4.74 Å². The quantitative estimate of drug-likeness (QED) is 0.610.